The van der Waals surface area contributed by atoms with Crippen LogP contribution in [0.3, 0.4) is 0 Å². The number of esters is 1. The largest absolute Gasteiger partial charge is 0.482 e. The van der Waals surface area contributed by atoms with Gasteiger partial charge in [0.05, 0.1) is 0 Å². The Bertz CT molecular complexity index is 890. The maximum absolute atomic E-state index is 12.1. The fourth-order valence-corrected chi connectivity index (χ4v) is 3.41. The van der Waals surface area contributed by atoms with Crippen LogP contribution in [-0.2, 0) is 14.3 Å². The highest BCUT2D eigenvalue weighted by Crippen LogP contribution is 2.20. The van der Waals surface area contributed by atoms with Gasteiger partial charge in [0.25, 0.3) is 5.91 Å². The number of amides is 1. The molecule has 0 unspecified atom stereocenters. The second kappa shape index (κ2) is 10.8. The van der Waals surface area contributed by atoms with Crippen LogP contribution in [-0.4, -0.2) is 62.7 Å². The van der Waals surface area contributed by atoms with Crippen LogP contribution in [0.15, 0.2) is 42.5 Å². The molecule has 0 radical (unpaired) electrons. The first-order valence-electron chi connectivity index (χ1n) is 10.7. The molecule has 2 aromatic rings. The SMILES string of the molecule is CCN1CCN(c2ccc(NC(=O)COC(=O)COc3ccc(C)c(C)c3)cc2)CC1. The molecule has 2 aromatic carbocycles. The van der Waals surface area contributed by atoms with Gasteiger partial charge in [-0.05, 0) is 67.9 Å². The van der Waals surface area contributed by atoms with Crippen molar-refractivity contribution in [1.29, 1.82) is 0 Å². The molecule has 166 valence electrons. The molecule has 1 amide bonds. The highest BCUT2D eigenvalue weighted by molar-refractivity contribution is 5.93. The van der Waals surface area contributed by atoms with Crippen molar-refractivity contribution in [2.75, 3.05) is 56.2 Å². The van der Waals surface area contributed by atoms with Gasteiger partial charge in [-0.25, -0.2) is 4.79 Å². The quantitative estimate of drug-likeness (QED) is 0.656. The Balaban J connectivity index is 1.39. The summed E-state index contributed by atoms with van der Waals surface area (Å²) in [4.78, 5) is 28.7. The van der Waals surface area contributed by atoms with Gasteiger partial charge in [0.2, 0.25) is 0 Å². The lowest BCUT2D eigenvalue weighted by molar-refractivity contribution is -0.149. The molecular formula is C24H31N3O4. The van der Waals surface area contributed by atoms with E-state index < -0.39 is 5.97 Å². The first-order valence-corrected chi connectivity index (χ1v) is 10.7. The van der Waals surface area contributed by atoms with Crippen LogP contribution >= 0.6 is 0 Å². The second-order valence-corrected chi connectivity index (χ2v) is 7.71. The summed E-state index contributed by atoms with van der Waals surface area (Å²) in [6.07, 6.45) is 0. The van der Waals surface area contributed by atoms with Crippen LogP contribution in [0.5, 0.6) is 5.75 Å². The van der Waals surface area contributed by atoms with E-state index >= 15 is 0 Å². The molecule has 7 nitrogen and oxygen atoms in total. The number of nitrogens with zero attached hydrogens (tertiary/aromatic N) is 2. The lowest BCUT2D eigenvalue weighted by Gasteiger charge is -2.35. The lowest BCUT2D eigenvalue weighted by Crippen LogP contribution is -2.46. The Morgan fingerprint density at radius 2 is 1.65 bits per heavy atom. The Labute approximate surface area is 183 Å². The molecule has 0 spiro atoms. The third kappa shape index (κ3) is 6.72. The standard InChI is InChI=1S/C24H31N3O4/c1-4-26-11-13-27(14-12-26)21-8-6-20(7-9-21)25-23(28)16-31-24(29)17-30-22-10-5-18(2)19(3)15-22/h5-10,15H,4,11-14,16-17H2,1-3H3,(H,25,28). The van der Waals surface area contributed by atoms with Gasteiger partial charge in [0, 0.05) is 37.6 Å². The van der Waals surface area contributed by atoms with Crippen molar-refractivity contribution in [3.8, 4) is 5.75 Å². The maximum Gasteiger partial charge on any atom is 0.344 e. The molecule has 0 saturated carbocycles. The van der Waals surface area contributed by atoms with Gasteiger partial charge in [-0.15, -0.1) is 0 Å². The number of ether oxygens (including phenoxy) is 2. The van der Waals surface area contributed by atoms with Crippen molar-refractivity contribution in [2.24, 2.45) is 0 Å². The fourth-order valence-electron chi connectivity index (χ4n) is 3.41. The summed E-state index contributed by atoms with van der Waals surface area (Å²) in [7, 11) is 0. The van der Waals surface area contributed by atoms with Gasteiger partial charge < -0.3 is 24.6 Å². The van der Waals surface area contributed by atoms with Crippen molar-refractivity contribution >= 4 is 23.3 Å². The van der Waals surface area contributed by atoms with Crippen LogP contribution in [0.4, 0.5) is 11.4 Å². The molecule has 0 aromatic heterocycles. The fraction of sp³-hybridized carbons (Fsp3) is 0.417. The predicted octanol–water partition coefficient (Wildman–Crippen LogP) is 3.01. The predicted molar refractivity (Wildman–Crippen MR) is 122 cm³/mol. The minimum atomic E-state index is -0.588. The van der Waals surface area contributed by atoms with E-state index in [9.17, 15) is 9.59 Å². The number of hydrogen-bond acceptors (Lipinski definition) is 6. The maximum atomic E-state index is 12.1. The monoisotopic (exact) mass is 425 g/mol. The molecular weight excluding hydrogens is 394 g/mol. The van der Waals surface area contributed by atoms with E-state index in [0.717, 1.165) is 49.5 Å². The molecule has 3 rings (SSSR count). The summed E-state index contributed by atoms with van der Waals surface area (Å²) in [5.74, 6) is -0.375. The number of hydrogen-bond donors (Lipinski definition) is 1. The molecule has 7 heteroatoms. The Kier molecular flexibility index (Phi) is 7.89. The molecule has 1 N–H and O–H groups in total. The molecule has 0 bridgehead atoms. The summed E-state index contributed by atoms with van der Waals surface area (Å²) in [6, 6.07) is 13.3. The van der Waals surface area contributed by atoms with E-state index in [-0.39, 0.29) is 19.1 Å². The van der Waals surface area contributed by atoms with Gasteiger partial charge >= 0.3 is 5.97 Å². The zero-order valence-electron chi connectivity index (χ0n) is 18.5. The van der Waals surface area contributed by atoms with Crippen molar-refractivity contribution in [2.45, 2.75) is 20.8 Å². The first kappa shape index (κ1) is 22.6. The van der Waals surface area contributed by atoms with Crippen LogP contribution in [0.2, 0.25) is 0 Å². The number of carbonyl (C=O) groups excluding carboxylic acids is 2. The van der Waals surface area contributed by atoms with E-state index in [1.54, 1.807) is 6.07 Å². The summed E-state index contributed by atoms with van der Waals surface area (Å²) in [6.45, 7) is 10.8. The van der Waals surface area contributed by atoms with Crippen molar-refractivity contribution in [3.05, 3.63) is 53.6 Å². The Morgan fingerprint density at radius 3 is 2.29 bits per heavy atom. The number of nitrogens with one attached hydrogen (secondary N) is 1. The van der Waals surface area contributed by atoms with E-state index in [0.29, 0.717) is 11.4 Å². The highest BCUT2D eigenvalue weighted by Gasteiger charge is 2.16. The zero-order chi connectivity index (χ0) is 22.2. The number of benzene rings is 2. The van der Waals surface area contributed by atoms with Crippen LogP contribution in [0.25, 0.3) is 0 Å². The highest BCUT2D eigenvalue weighted by atomic mass is 16.6. The van der Waals surface area contributed by atoms with E-state index in [4.69, 9.17) is 9.47 Å². The summed E-state index contributed by atoms with van der Waals surface area (Å²) in [5.41, 5.74) is 4.05. The van der Waals surface area contributed by atoms with E-state index in [2.05, 4.69) is 22.0 Å². The molecule has 1 fully saturated rings. The summed E-state index contributed by atoms with van der Waals surface area (Å²) in [5, 5.41) is 2.75. The lowest BCUT2D eigenvalue weighted by atomic mass is 10.1. The average molecular weight is 426 g/mol. The number of piperazine rings is 1. The average Bonchev–Trinajstić information content (AvgIpc) is 2.79. The molecule has 0 aliphatic carbocycles. The van der Waals surface area contributed by atoms with Crippen molar-refractivity contribution in [1.82, 2.24) is 4.90 Å². The topological polar surface area (TPSA) is 71.1 Å². The Morgan fingerprint density at radius 1 is 0.935 bits per heavy atom. The number of carbonyl (C=O) groups is 2. The van der Waals surface area contributed by atoms with Crippen LogP contribution < -0.4 is 15.0 Å². The van der Waals surface area contributed by atoms with Crippen molar-refractivity contribution < 1.29 is 19.1 Å². The zero-order valence-corrected chi connectivity index (χ0v) is 18.5. The number of anilines is 2. The smallest absolute Gasteiger partial charge is 0.344 e. The minimum Gasteiger partial charge on any atom is -0.482 e. The number of likely N-dealkylation sites (N-methyl/N-ethyl adjacent to an activating group) is 1. The second-order valence-electron chi connectivity index (χ2n) is 7.71. The summed E-state index contributed by atoms with van der Waals surface area (Å²) < 4.78 is 10.4. The normalized spacial score (nSPS) is 14.2. The Hall–Kier alpha value is -3.06. The molecule has 1 heterocycles. The van der Waals surface area contributed by atoms with E-state index in [1.807, 2.05) is 50.2 Å². The molecule has 1 aliphatic heterocycles. The van der Waals surface area contributed by atoms with Gasteiger partial charge in [0.15, 0.2) is 13.2 Å². The third-order valence-corrected chi connectivity index (χ3v) is 5.54. The number of aryl methyl sites for hydroxylation is 2. The van der Waals surface area contributed by atoms with Crippen molar-refractivity contribution in [3.63, 3.8) is 0 Å². The van der Waals surface area contributed by atoms with Gasteiger partial charge in [-0.2, -0.15) is 0 Å². The summed E-state index contributed by atoms with van der Waals surface area (Å²) >= 11 is 0. The number of rotatable bonds is 8. The van der Waals surface area contributed by atoms with Gasteiger partial charge in [-0.1, -0.05) is 13.0 Å². The molecule has 1 saturated heterocycles. The van der Waals surface area contributed by atoms with Gasteiger partial charge in [0.1, 0.15) is 5.75 Å². The molecule has 1 aliphatic rings. The third-order valence-electron chi connectivity index (χ3n) is 5.54. The van der Waals surface area contributed by atoms with Crippen LogP contribution in [0, 0.1) is 13.8 Å². The van der Waals surface area contributed by atoms with Crippen LogP contribution in [0.1, 0.15) is 18.1 Å². The molecule has 0 atom stereocenters. The molecule has 31 heavy (non-hydrogen) atoms. The van der Waals surface area contributed by atoms with Gasteiger partial charge in [-0.3, -0.25) is 4.79 Å². The first-order chi connectivity index (χ1) is 14.9. The minimum absolute atomic E-state index is 0.240. The van der Waals surface area contributed by atoms with E-state index in [1.165, 1.54) is 0 Å².